The van der Waals surface area contributed by atoms with Gasteiger partial charge >= 0.3 is 0 Å². The van der Waals surface area contributed by atoms with Gasteiger partial charge in [0.2, 0.25) is 0 Å². The third kappa shape index (κ3) is 5.40. The molecule has 0 aromatic heterocycles. The largest absolute Gasteiger partial charge is 0.385 e. The number of piperidine rings is 1. The summed E-state index contributed by atoms with van der Waals surface area (Å²) in [6.07, 6.45) is 3.73. The highest BCUT2D eigenvalue weighted by atomic mass is 35.5. The van der Waals surface area contributed by atoms with E-state index in [4.69, 9.17) is 17.3 Å². The number of hydrogen-bond acceptors (Lipinski definition) is 4. The second-order valence-electron chi connectivity index (χ2n) is 7.98. The molecule has 2 aromatic rings. The van der Waals surface area contributed by atoms with Crippen LogP contribution in [0.3, 0.4) is 0 Å². The first-order chi connectivity index (χ1) is 13.5. The smallest absolute Gasteiger partial charge is 0.0930 e. The summed E-state index contributed by atoms with van der Waals surface area (Å²) in [5.74, 6) is 0.592. The van der Waals surface area contributed by atoms with E-state index in [0.29, 0.717) is 23.8 Å². The number of benzene rings is 2. The van der Waals surface area contributed by atoms with Gasteiger partial charge in [-0.2, -0.15) is 0 Å². The zero-order chi connectivity index (χ0) is 20.0. The summed E-state index contributed by atoms with van der Waals surface area (Å²) in [5.41, 5.74) is 8.22. The van der Waals surface area contributed by atoms with Gasteiger partial charge in [0.05, 0.1) is 5.60 Å². The molecule has 1 saturated heterocycles. The summed E-state index contributed by atoms with van der Waals surface area (Å²) in [4.78, 5) is 2.34. The predicted octanol–water partition coefficient (Wildman–Crippen LogP) is 4.61. The fourth-order valence-electron chi connectivity index (χ4n) is 3.77. The molecular weight excluding hydrogens is 370 g/mol. The second kappa shape index (κ2) is 9.64. The lowest BCUT2D eigenvalue weighted by Crippen LogP contribution is -2.42. The van der Waals surface area contributed by atoms with Crippen molar-refractivity contribution in [3.8, 4) is 0 Å². The zero-order valence-corrected chi connectivity index (χ0v) is 17.5. The van der Waals surface area contributed by atoms with E-state index >= 15 is 0 Å². The van der Waals surface area contributed by atoms with Gasteiger partial charge < -0.3 is 21.1 Å². The number of nitrogens with two attached hydrogens (primary N) is 1. The molecule has 0 radical (unpaired) electrons. The van der Waals surface area contributed by atoms with Crippen LogP contribution in [-0.4, -0.2) is 31.3 Å². The van der Waals surface area contributed by atoms with Crippen LogP contribution in [0.25, 0.3) is 0 Å². The summed E-state index contributed by atoms with van der Waals surface area (Å²) >= 11 is 5.97. The van der Waals surface area contributed by atoms with E-state index < -0.39 is 5.60 Å². The fourth-order valence-corrected chi connectivity index (χ4v) is 3.90. The zero-order valence-electron chi connectivity index (χ0n) is 16.7. The van der Waals surface area contributed by atoms with Crippen LogP contribution in [0.4, 0.5) is 11.4 Å². The maximum atomic E-state index is 11.0. The van der Waals surface area contributed by atoms with Crippen LogP contribution < -0.4 is 16.0 Å². The van der Waals surface area contributed by atoms with Crippen LogP contribution >= 0.6 is 11.6 Å². The van der Waals surface area contributed by atoms with Gasteiger partial charge in [0.25, 0.3) is 0 Å². The predicted molar refractivity (Wildman–Crippen MR) is 119 cm³/mol. The molecule has 3 rings (SSSR count). The van der Waals surface area contributed by atoms with E-state index in [9.17, 15) is 5.11 Å². The van der Waals surface area contributed by atoms with Crippen molar-refractivity contribution < 1.29 is 5.11 Å². The van der Waals surface area contributed by atoms with Crippen LogP contribution in [0.5, 0.6) is 0 Å². The van der Waals surface area contributed by atoms with Crippen molar-refractivity contribution in [1.82, 2.24) is 0 Å². The molecule has 0 amide bonds. The molecule has 1 fully saturated rings. The molecule has 152 valence electrons. The maximum absolute atomic E-state index is 11.0. The molecule has 4 N–H and O–H groups in total. The minimum Gasteiger partial charge on any atom is -0.385 e. The highest BCUT2D eigenvalue weighted by Gasteiger charge is 2.33. The first-order valence-corrected chi connectivity index (χ1v) is 10.7. The molecule has 0 saturated carbocycles. The van der Waals surface area contributed by atoms with Crippen LogP contribution in [0.2, 0.25) is 5.02 Å². The number of anilines is 2. The van der Waals surface area contributed by atoms with E-state index in [-0.39, 0.29) is 0 Å². The lowest BCUT2D eigenvalue weighted by atomic mass is 9.84. The second-order valence-corrected chi connectivity index (χ2v) is 8.42. The molecule has 2 aromatic carbocycles. The van der Waals surface area contributed by atoms with Crippen molar-refractivity contribution in [2.75, 3.05) is 36.4 Å². The molecule has 1 unspecified atom stereocenters. The average molecular weight is 402 g/mol. The Labute approximate surface area is 173 Å². The van der Waals surface area contributed by atoms with Crippen molar-refractivity contribution >= 4 is 23.0 Å². The highest BCUT2D eigenvalue weighted by molar-refractivity contribution is 6.30. The first-order valence-electron chi connectivity index (χ1n) is 10.3. The first kappa shape index (κ1) is 21.0. The van der Waals surface area contributed by atoms with Crippen LogP contribution in [0.1, 0.15) is 38.2 Å². The minimum atomic E-state index is -0.761. The van der Waals surface area contributed by atoms with Gasteiger partial charge in [-0.05, 0) is 80.1 Å². The summed E-state index contributed by atoms with van der Waals surface area (Å²) in [5, 5.41) is 15.2. The third-order valence-corrected chi connectivity index (χ3v) is 6.06. The molecule has 1 heterocycles. The van der Waals surface area contributed by atoms with E-state index in [1.54, 1.807) is 0 Å². The summed E-state index contributed by atoms with van der Waals surface area (Å²) < 4.78 is 0. The van der Waals surface area contributed by atoms with Crippen molar-refractivity contribution in [2.45, 2.75) is 38.2 Å². The normalized spacial score (nSPS) is 17.4. The maximum Gasteiger partial charge on any atom is 0.0930 e. The SMILES string of the molecule is CC(CN)CCCNc1ccc(N2CCC(O)(c3ccc(Cl)cc3)CC2)cc1. The molecule has 4 nitrogen and oxygen atoms in total. The number of nitrogens with zero attached hydrogens (tertiary/aromatic N) is 1. The molecule has 0 bridgehead atoms. The number of aliphatic hydroxyl groups is 1. The molecule has 1 aliphatic rings. The molecule has 1 atom stereocenters. The van der Waals surface area contributed by atoms with Gasteiger partial charge in [0.1, 0.15) is 0 Å². The molecule has 1 aliphatic heterocycles. The Hall–Kier alpha value is -1.75. The van der Waals surface area contributed by atoms with Crippen molar-refractivity contribution in [3.05, 3.63) is 59.1 Å². The number of halogens is 1. The van der Waals surface area contributed by atoms with Gasteiger partial charge in [-0.3, -0.25) is 0 Å². The van der Waals surface area contributed by atoms with E-state index in [2.05, 4.69) is 41.4 Å². The van der Waals surface area contributed by atoms with Crippen LogP contribution in [0.15, 0.2) is 48.5 Å². The Kier molecular flexibility index (Phi) is 7.22. The van der Waals surface area contributed by atoms with E-state index in [0.717, 1.165) is 50.3 Å². The summed E-state index contributed by atoms with van der Waals surface area (Å²) in [7, 11) is 0. The standard InChI is InChI=1S/C23H32ClN3O/c1-18(17-25)3-2-14-26-21-8-10-22(11-9-21)27-15-12-23(28,13-16-27)19-4-6-20(24)7-5-19/h4-11,18,26,28H,2-3,12-17,25H2,1H3. The van der Waals surface area contributed by atoms with Gasteiger partial charge in [0.15, 0.2) is 0 Å². The minimum absolute atomic E-state index is 0.592. The molecular formula is C23H32ClN3O. The molecule has 28 heavy (non-hydrogen) atoms. The van der Waals surface area contributed by atoms with Crippen molar-refractivity contribution in [3.63, 3.8) is 0 Å². The van der Waals surface area contributed by atoms with Gasteiger partial charge in [0, 0.05) is 36.0 Å². The quantitative estimate of drug-likeness (QED) is 0.565. The lowest BCUT2D eigenvalue weighted by Gasteiger charge is -2.39. The Morgan fingerprint density at radius 2 is 1.75 bits per heavy atom. The molecule has 0 aliphatic carbocycles. The van der Waals surface area contributed by atoms with Gasteiger partial charge in [-0.25, -0.2) is 0 Å². The Balaban J connectivity index is 1.50. The fraction of sp³-hybridized carbons (Fsp3) is 0.478. The van der Waals surface area contributed by atoms with Crippen molar-refractivity contribution in [2.24, 2.45) is 11.7 Å². The highest BCUT2D eigenvalue weighted by Crippen LogP contribution is 2.35. The van der Waals surface area contributed by atoms with Gasteiger partial charge in [-0.1, -0.05) is 30.7 Å². The molecule has 5 heteroatoms. The number of rotatable bonds is 8. The average Bonchev–Trinajstić information content (AvgIpc) is 2.72. The Bertz CT molecular complexity index is 725. The monoisotopic (exact) mass is 401 g/mol. The van der Waals surface area contributed by atoms with E-state index in [1.807, 2.05) is 24.3 Å². The number of nitrogens with one attached hydrogen (secondary N) is 1. The number of hydrogen-bond donors (Lipinski definition) is 3. The topological polar surface area (TPSA) is 61.5 Å². The Morgan fingerprint density at radius 3 is 2.36 bits per heavy atom. The van der Waals surface area contributed by atoms with Gasteiger partial charge in [-0.15, -0.1) is 0 Å². The third-order valence-electron chi connectivity index (χ3n) is 5.81. The van der Waals surface area contributed by atoms with Crippen LogP contribution in [-0.2, 0) is 5.60 Å². The lowest BCUT2D eigenvalue weighted by molar-refractivity contribution is 0.0118. The summed E-state index contributed by atoms with van der Waals surface area (Å²) in [6, 6.07) is 16.2. The van der Waals surface area contributed by atoms with Crippen LogP contribution in [0, 0.1) is 5.92 Å². The summed E-state index contributed by atoms with van der Waals surface area (Å²) in [6.45, 7) is 5.60. The van der Waals surface area contributed by atoms with E-state index in [1.165, 1.54) is 5.69 Å². The van der Waals surface area contributed by atoms with Crippen molar-refractivity contribution in [1.29, 1.82) is 0 Å². The molecule has 0 spiro atoms. The Morgan fingerprint density at radius 1 is 1.11 bits per heavy atom.